The van der Waals surface area contributed by atoms with Crippen LogP contribution in [0, 0.1) is 17.2 Å². The van der Waals surface area contributed by atoms with Crippen LogP contribution in [0.4, 0.5) is 13.6 Å². The van der Waals surface area contributed by atoms with Crippen LogP contribution < -0.4 is 5.32 Å². The average Bonchev–Trinajstić information content (AvgIpc) is 3.48. The van der Waals surface area contributed by atoms with Gasteiger partial charge in [-0.3, -0.25) is 9.69 Å². The number of halogens is 2. The van der Waals surface area contributed by atoms with Gasteiger partial charge in [0.2, 0.25) is 5.91 Å². The number of nitriles is 1. The van der Waals surface area contributed by atoms with Gasteiger partial charge in [0, 0.05) is 31.5 Å². The summed E-state index contributed by atoms with van der Waals surface area (Å²) in [6.07, 6.45) is 0.499. The Labute approximate surface area is 222 Å². The van der Waals surface area contributed by atoms with Crippen LogP contribution >= 0.6 is 0 Å². The van der Waals surface area contributed by atoms with Crippen molar-refractivity contribution in [2.45, 2.75) is 75.9 Å². The zero-order chi connectivity index (χ0) is 27.9. The van der Waals surface area contributed by atoms with Crippen molar-refractivity contribution in [2.75, 3.05) is 26.2 Å². The van der Waals surface area contributed by atoms with Gasteiger partial charge in [0.05, 0.1) is 25.1 Å². The minimum atomic E-state index is -2.67. The van der Waals surface area contributed by atoms with Crippen LogP contribution in [0.2, 0.25) is 0 Å². The normalized spacial score (nSPS) is 21.0. The van der Waals surface area contributed by atoms with Crippen molar-refractivity contribution in [3.8, 4) is 6.07 Å². The highest BCUT2D eigenvalue weighted by molar-refractivity contribution is 6.43. The van der Waals surface area contributed by atoms with Crippen molar-refractivity contribution in [1.82, 2.24) is 15.1 Å². The standard InChI is InChI=1S/C26H37BF2N4O5/c1-25(2,33-14-12-26(28,29)18-33)11-6-9-20(16-30)23(34)32-13-10-21(17-32)38-24(35)31-22(27(36)37)15-19-7-4-3-5-8-19/h3-5,7-8,20-22,36-37H,6,9-15,17-18H2,1-2H3,(H,31,35)/t20?,21-,22-/m0/s1. The third-order valence-electron chi connectivity index (χ3n) is 7.45. The molecule has 2 aliphatic heterocycles. The predicted octanol–water partition coefficient (Wildman–Crippen LogP) is 2.37. The maximum atomic E-state index is 13.6. The maximum absolute atomic E-state index is 13.6. The number of nitrogens with zero attached hydrogens (tertiary/aromatic N) is 3. The summed E-state index contributed by atoms with van der Waals surface area (Å²) >= 11 is 0. The van der Waals surface area contributed by atoms with E-state index in [1.807, 2.05) is 32.0 Å². The molecule has 0 aromatic heterocycles. The predicted molar refractivity (Wildman–Crippen MR) is 137 cm³/mol. The molecule has 3 rings (SSSR count). The van der Waals surface area contributed by atoms with Crippen molar-refractivity contribution >= 4 is 19.1 Å². The Morgan fingerprint density at radius 3 is 2.61 bits per heavy atom. The molecule has 2 saturated heterocycles. The molecule has 0 bridgehead atoms. The van der Waals surface area contributed by atoms with Crippen LogP contribution in [0.1, 0.15) is 51.5 Å². The molecule has 2 aliphatic rings. The SMILES string of the molecule is CC(C)(CCCC(C#N)C(=O)N1CC[C@H](OC(=O)N[C@@H](Cc2ccccc2)B(O)O)C1)N1CCC(F)(F)C1. The van der Waals surface area contributed by atoms with Gasteiger partial charge >= 0.3 is 13.2 Å². The first-order valence-electron chi connectivity index (χ1n) is 13.1. The summed E-state index contributed by atoms with van der Waals surface area (Å²) in [5, 5.41) is 31.4. The second kappa shape index (κ2) is 12.9. The number of carbonyl (C=O) groups excluding carboxylic acids is 2. The molecule has 1 aromatic carbocycles. The molecule has 3 N–H and O–H groups in total. The summed E-state index contributed by atoms with van der Waals surface area (Å²) in [5.74, 6) is -4.84. The molecular weight excluding hydrogens is 497 g/mol. The second-order valence-corrected chi connectivity index (χ2v) is 10.9. The lowest BCUT2D eigenvalue weighted by atomic mass is 9.76. The Hall–Kier alpha value is -2.75. The molecule has 208 valence electrons. The number of alkyl carbamates (subject to hydrolysis) is 1. The molecule has 0 aliphatic carbocycles. The summed E-state index contributed by atoms with van der Waals surface area (Å²) in [4.78, 5) is 28.6. The number of amides is 2. The zero-order valence-electron chi connectivity index (χ0n) is 22.0. The fourth-order valence-electron chi connectivity index (χ4n) is 5.07. The van der Waals surface area contributed by atoms with E-state index in [1.54, 1.807) is 17.0 Å². The van der Waals surface area contributed by atoms with Gasteiger partial charge in [0.25, 0.3) is 5.92 Å². The smallest absolute Gasteiger partial charge is 0.444 e. The molecule has 0 radical (unpaired) electrons. The van der Waals surface area contributed by atoms with Gasteiger partial charge in [-0.15, -0.1) is 0 Å². The summed E-state index contributed by atoms with van der Waals surface area (Å²) < 4.78 is 32.6. The molecule has 38 heavy (non-hydrogen) atoms. The molecule has 12 heteroatoms. The van der Waals surface area contributed by atoms with Gasteiger partial charge in [-0.1, -0.05) is 30.3 Å². The van der Waals surface area contributed by atoms with Gasteiger partial charge in [-0.2, -0.15) is 5.26 Å². The fraction of sp³-hybridized carbons (Fsp3) is 0.654. The van der Waals surface area contributed by atoms with E-state index in [0.717, 1.165) is 5.56 Å². The highest BCUT2D eigenvalue weighted by atomic mass is 19.3. The first kappa shape index (κ1) is 29.8. The molecule has 1 unspecified atom stereocenters. The third kappa shape index (κ3) is 8.38. The van der Waals surface area contributed by atoms with E-state index < -0.39 is 42.6 Å². The Morgan fingerprint density at radius 1 is 1.29 bits per heavy atom. The molecule has 9 nitrogen and oxygen atoms in total. The number of likely N-dealkylation sites (tertiary alicyclic amines) is 2. The minimum Gasteiger partial charge on any atom is -0.444 e. The maximum Gasteiger partial charge on any atom is 0.475 e. The van der Waals surface area contributed by atoms with Crippen LogP contribution in [-0.2, 0) is 16.0 Å². The van der Waals surface area contributed by atoms with Crippen LogP contribution in [0.5, 0.6) is 0 Å². The Balaban J connectivity index is 1.44. The lowest BCUT2D eigenvalue weighted by molar-refractivity contribution is -0.133. The van der Waals surface area contributed by atoms with E-state index in [2.05, 4.69) is 11.4 Å². The van der Waals surface area contributed by atoms with E-state index in [1.165, 1.54) is 4.90 Å². The number of nitrogens with one attached hydrogen (secondary N) is 1. The topological polar surface area (TPSA) is 126 Å². The third-order valence-corrected chi connectivity index (χ3v) is 7.45. The zero-order valence-corrected chi connectivity index (χ0v) is 22.0. The lowest BCUT2D eigenvalue weighted by Crippen LogP contribution is -2.48. The Kier molecular flexibility index (Phi) is 10.1. The lowest BCUT2D eigenvalue weighted by Gasteiger charge is -2.35. The van der Waals surface area contributed by atoms with Crippen molar-refractivity contribution in [2.24, 2.45) is 5.92 Å². The molecule has 1 aromatic rings. The van der Waals surface area contributed by atoms with E-state index in [0.29, 0.717) is 38.8 Å². The monoisotopic (exact) mass is 534 g/mol. The number of carbonyl (C=O) groups is 2. The molecule has 0 saturated carbocycles. The average molecular weight is 534 g/mol. The van der Waals surface area contributed by atoms with Crippen molar-refractivity contribution in [1.29, 1.82) is 5.26 Å². The van der Waals surface area contributed by atoms with Gasteiger partial charge in [-0.25, -0.2) is 13.6 Å². The summed E-state index contributed by atoms with van der Waals surface area (Å²) in [7, 11) is -1.78. The molecule has 2 heterocycles. The number of benzene rings is 1. The molecule has 2 amide bonds. The summed E-state index contributed by atoms with van der Waals surface area (Å²) in [6.45, 7) is 4.35. The Morgan fingerprint density at radius 2 is 2.00 bits per heavy atom. The van der Waals surface area contributed by atoms with Crippen LogP contribution in [0.25, 0.3) is 0 Å². The summed E-state index contributed by atoms with van der Waals surface area (Å²) in [5.41, 5.74) is 0.358. The largest absolute Gasteiger partial charge is 0.475 e. The van der Waals surface area contributed by atoms with Crippen LogP contribution in [0.3, 0.4) is 0 Å². The number of rotatable bonds is 11. The van der Waals surface area contributed by atoms with Crippen LogP contribution in [0.15, 0.2) is 30.3 Å². The number of hydrogen-bond donors (Lipinski definition) is 3. The second-order valence-electron chi connectivity index (χ2n) is 10.9. The van der Waals surface area contributed by atoms with Gasteiger partial charge < -0.3 is 25.0 Å². The number of ether oxygens (including phenoxy) is 1. The Bertz CT molecular complexity index is 992. The highest BCUT2D eigenvalue weighted by Gasteiger charge is 2.43. The van der Waals surface area contributed by atoms with Crippen molar-refractivity contribution in [3.63, 3.8) is 0 Å². The first-order chi connectivity index (χ1) is 17.9. The number of alkyl halides is 2. The van der Waals surface area contributed by atoms with Gasteiger partial charge in [-0.05, 0) is 45.1 Å². The molecule has 3 atom stereocenters. The molecule has 2 fully saturated rings. The summed E-state index contributed by atoms with van der Waals surface area (Å²) in [6, 6.07) is 11.1. The van der Waals surface area contributed by atoms with Crippen molar-refractivity contribution < 1.29 is 33.2 Å². The first-order valence-corrected chi connectivity index (χ1v) is 13.1. The quantitative estimate of drug-likeness (QED) is 0.372. The van der Waals surface area contributed by atoms with Gasteiger partial charge in [0.1, 0.15) is 12.0 Å². The van der Waals surface area contributed by atoms with E-state index in [-0.39, 0.29) is 31.8 Å². The van der Waals surface area contributed by atoms with Gasteiger partial charge in [0.15, 0.2) is 0 Å². The van der Waals surface area contributed by atoms with Crippen LogP contribution in [-0.4, -0.2) is 88.7 Å². The molecular formula is C26H37BF2N4O5. The van der Waals surface area contributed by atoms with E-state index >= 15 is 0 Å². The minimum absolute atomic E-state index is 0.143. The highest BCUT2D eigenvalue weighted by Crippen LogP contribution is 2.34. The molecule has 0 spiro atoms. The fourth-order valence-corrected chi connectivity index (χ4v) is 5.07. The van der Waals surface area contributed by atoms with Crippen molar-refractivity contribution in [3.05, 3.63) is 35.9 Å². The van der Waals surface area contributed by atoms with E-state index in [9.17, 15) is 33.7 Å². The number of hydrogen-bond acceptors (Lipinski definition) is 7. The van der Waals surface area contributed by atoms with E-state index in [4.69, 9.17) is 4.74 Å².